The highest BCUT2D eigenvalue weighted by molar-refractivity contribution is 7.83. The number of hydrogen-bond donors (Lipinski definition) is 1. The lowest BCUT2D eigenvalue weighted by molar-refractivity contribution is 0.317. The molecular weight excluding hydrogens is 355 g/mol. The van der Waals surface area contributed by atoms with Crippen LogP contribution in [0, 0.1) is 0 Å². The molecule has 1 atom stereocenters. The molecule has 2 aromatic carbocycles. The van der Waals surface area contributed by atoms with E-state index < -0.39 is 11.0 Å². The molecule has 1 aliphatic heterocycles. The van der Waals surface area contributed by atoms with Gasteiger partial charge in [-0.25, -0.2) is 8.93 Å². The fraction of sp³-hybridized carbons (Fsp3) is 0.429. The molecule has 6 heteroatoms. The quantitative estimate of drug-likeness (QED) is 0.529. The topological polar surface area (TPSA) is 41.6 Å². The first kappa shape index (κ1) is 21.5. The van der Waals surface area contributed by atoms with E-state index >= 15 is 0 Å². The zero-order valence-electron chi connectivity index (χ0n) is 16.3. The Hall–Kier alpha value is -1.79. The van der Waals surface area contributed by atoms with Crippen molar-refractivity contribution in [2.24, 2.45) is 0 Å². The number of hydrogen-bond acceptors (Lipinski definition) is 3. The average Bonchev–Trinajstić information content (AvgIpc) is 3.13. The zero-order chi connectivity index (χ0) is 19.5. The van der Waals surface area contributed by atoms with Crippen LogP contribution in [0.5, 0.6) is 5.75 Å². The summed E-state index contributed by atoms with van der Waals surface area (Å²) < 4.78 is 21.0. The van der Waals surface area contributed by atoms with E-state index in [1.165, 1.54) is 11.3 Å². The Labute approximate surface area is 167 Å². The second-order valence-corrected chi connectivity index (χ2v) is 7.29. The van der Waals surface area contributed by atoms with Crippen LogP contribution < -0.4 is 14.4 Å². The van der Waals surface area contributed by atoms with E-state index in [9.17, 15) is 4.21 Å². The van der Waals surface area contributed by atoms with Gasteiger partial charge in [0, 0.05) is 25.3 Å². The Morgan fingerprint density at radius 2 is 1.89 bits per heavy atom. The van der Waals surface area contributed by atoms with E-state index in [0.717, 1.165) is 36.6 Å². The number of benzene rings is 2. The number of rotatable bonds is 9. The first-order chi connectivity index (χ1) is 13.3. The van der Waals surface area contributed by atoms with E-state index in [1.54, 1.807) is 0 Å². The van der Waals surface area contributed by atoms with Crippen LogP contribution in [0.15, 0.2) is 53.4 Å². The normalized spacial score (nSPS) is 13.5. The zero-order valence-corrected chi connectivity index (χ0v) is 17.1. The van der Waals surface area contributed by atoms with Crippen molar-refractivity contribution in [3.8, 4) is 5.75 Å². The maximum atomic E-state index is 12.4. The Morgan fingerprint density at radius 1 is 1.15 bits per heavy atom. The van der Waals surface area contributed by atoms with Crippen LogP contribution in [0.3, 0.4) is 0 Å². The molecule has 0 spiro atoms. The highest BCUT2D eigenvalue weighted by atomic mass is 32.2. The molecule has 0 saturated carbocycles. The summed E-state index contributed by atoms with van der Waals surface area (Å²) in [5, 5.41) is 0. The van der Waals surface area contributed by atoms with Crippen molar-refractivity contribution in [2.75, 3.05) is 31.1 Å². The summed E-state index contributed by atoms with van der Waals surface area (Å²) in [4.78, 5) is 3.10. The number of fused-ring (bicyclic) bond motifs is 1. The van der Waals surface area contributed by atoms with Gasteiger partial charge in [-0.05, 0) is 48.7 Å². The average molecular weight is 384 g/mol. The van der Waals surface area contributed by atoms with Crippen LogP contribution in [0.4, 0.5) is 5.69 Å². The molecule has 0 amide bonds. The number of anilines is 1. The first-order valence-electron chi connectivity index (χ1n) is 9.69. The summed E-state index contributed by atoms with van der Waals surface area (Å²) in [5.41, 5.74) is 2.70. The lowest BCUT2D eigenvalue weighted by atomic mass is 10.0. The van der Waals surface area contributed by atoms with Gasteiger partial charge in [-0.1, -0.05) is 38.4 Å². The Bertz CT molecular complexity index is 710. The van der Waals surface area contributed by atoms with Gasteiger partial charge in [0.25, 0.3) is 0 Å². The first-order valence-corrected chi connectivity index (χ1v) is 10.8. The van der Waals surface area contributed by atoms with Crippen molar-refractivity contribution in [3.63, 3.8) is 0 Å². The molecule has 0 fully saturated rings. The van der Waals surface area contributed by atoms with Crippen molar-refractivity contribution in [1.82, 2.24) is 4.72 Å². The molecule has 1 N–H and O–H groups in total. The van der Waals surface area contributed by atoms with Gasteiger partial charge in [-0.2, -0.15) is 0 Å². The van der Waals surface area contributed by atoms with E-state index in [-0.39, 0.29) is 0 Å². The van der Waals surface area contributed by atoms with Crippen LogP contribution in [0.2, 0.25) is 6.32 Å². The van der Waals surface area contributed by atoms with Gasteiger partial charge in [0.1, 0.15) is 16.7 Å². The molecular formula is C21H29BN2O2S. The predicted molar refractivity (Wildman–Crippen MR) is 115 cm³/mol. The number of ether oxygens (including phenoxy) is 1. The van der Waals surface area contributed by atoms with Crippen LogP contribution in [0.25, 0.3) is 0 Å². The molecule has 0 aliphatic carbocycles. The predicted octanol–water partition coefficient (Wildman–Crippen LogP) is 3.74. The van der Waals surface area contributed by atoms with Gasteiger partial charge in [0.05, 0.1) is 19.3 Å². The number of nitrogens with one attached hydrogen (secondary N) is 1. The Kier molecular flexibility index (Phi) is 9.43. The third-order valence-electron chi connectivity index (χ3n) is 4.25. The summed E-state index contributed by atoms with van der Waals surface area (Å²) >= 11 is 0. The number of para-hydroxylation sites is 1. The summed E-state index contributed by atoms with van der Waals surface area (Å²) in [6.45, 7) is 7.16. The molecule has 1 unspecified atom stereocenters. The van der Waals surface area contributed by atoms with Crippen molar-refractivity contribution < 1.29 is 8.95 Å². The smallest absolute Gasteiger partial charge is 0.124 e. The monoisotopic (exact) mass is 384 g/mol. The molecule has 1 aliphatic rings. The van der Waals surface area contributed by atoms with Crippen LogP contribution in [0.1, 0.15) is 25.8 Å². The van der Waals surface area contributed by atoms with Crippen LogP contribution in [-0.2, 0) is 17.4 Å². The molecule has 27 heavy (non-hydrogen) atoms. The van der Waals surface area contributed by atoms with Gasteiger partial charge in [-0.3, -0.25) is 0 Å². The third-order valence-corrected chi connectivity index (χ3v) is 5.42. The van der Waals surface area contributed by atoms with E-state index in [4.69, 9.17) is 12.6 Å². The van der Waals surface area contributed by atoms with E-state index in [0.29, 0.717) is 19.5 Å². The second-order valence-electron chi connectivity index (χ2n) is 5.99. The molecule has 0 saturated heterocycles. The van der Waals surface area contributed by atoms with Gasteiger partial charge < -0.3 is 9.64 Å². The number of nitrogens with zero attached hydrogens (tertiary/aromatic N) is 1. The standard InChI is InChI=1S/C19H23BN2O2S.C2H6/c20-11-3-15-24-17-6-8-18(9-7-17)25(23)21-12-14-22-13-10-16-4-1-2-5-19(16)22;1-2/h1-2,4-9,21H,3,10-15H2;1-2H3. The van der Waals surface area contributed by atoms with Gasteiger partial charge >= 0.3 is 0 Å². The van der Waals surface area contributed by atoms with Crippen molar-refractivity contribution in [2.45, 2.75) is 37.9 Å². The maximum Gasteiger partial charge on any atom is 0.124 e. The lowest BCUT2D eigenvalue weighted by Gasteiger charge is -2.19. The molecule has 0 aromatic heterocycles. The van der Waals surface area contributed by atoms with Crippen LogP contribution in [-0.4, -0.2) is 38.3 Å². The third kappa shape index (κ3) is 6.40. The molecule has 0 bridgehead atoms. The molecule has 2 aromatic rings. The molecule has 1 heterocycles. The van der Waals surface area contributed by atoms with Gasteiger partial charge in [-0.15, -0.1) is 0 Å². The molecule has 3 rings (SSSR count). The minimum absolute atomic E-state index is 0.606. The minimum atomic E-state index is -1.21. The van der Waals surface area contributed by atoms with Gasteiger partial charge in [0.2, 0.25) is 0 Å². The summed E-state index contributed by atoms with van der Waals surface area (Å²) in [7, 11) is 4.23. The molecule has 144 valence electrons. The lowest BCUT2D eigenvalue weighted by Crippen LogP contribution is -2.31. The molecule has 2 radical (unpaired) electrons. The Morgan fingerprint density at radius 3 is 2.63 bits per heavy atom. The summed E-state index contributed by atoms with van der Waals surface area (Å²) in [6.07, 6.45) is 2.53. The minimum Gasteiger partial charge on any atom is -0.494 e. The van der Waals surface area contributed by atoms with Crippen molar-refractivity contribution in [1.29, 1.82) is 0 Å². The van der Waals surface area contributed by atoms with Crippen molar-refractivity contribution >= 4 is 24.5 Å². The SMILES string of the molecule is CC.[B]CCCOc1ccc(S(=O)NCCN2CCc3ccccc32)cc1. The second kappa shape index (κ2) is 11.8. The largest absolute Gasteiger partial charge is 0.494 e. The van der Waals surface area contributed by atoms with Gasteiger partial charge in [0.15, 0.2) is 0 Å². The fourth-order valence-electron chi connectivity index (χ4n) is 2.93. The summed E-state index contributed by atoms with van der Waals surface area (Å²) in [5.74, 6) is 0.780. The highest BCUT2D eigenvalue weighted by Gasteiger charge is 2.17. The summed E-state index contributed by atoms with van der Waals surface area (Å²) in [6, 6.07) is 15.9. The molecule has 4 nitrogen and oxygen atoms in total. The van der Waals surface area contributed by atoms with E-state index in [1.807, 2.05) is 38.1 Å². The highest BCUT2D eigenvalue weighted by Crippen LogP contribution is 2.26. The van der Waals surface area contributed by atoms with Crippen LogP contribution >= 0.6 is 0 Å². The Balaban J connectivity index is 0.00000126. The van der Waals surface area contributed by atoms with E-state index in [2.05, 4.69) is 33.9 Å². The fourth-order valence-corrected chi connectivity index (χ4v) is 3.75. The van der Waals surface area contributed by atoms with Crippen molar-refractivity contribution in [3.05, 3.63) is 54.1 Å². The maximum absolute atomic E-state index is 12.4.